The predicted molar refractivity (Wildman–Crippen MR) is 63.7 cm³/mol. The number of benzene rings is 1. The summed E-state index contributed by atoms with van der Waals surface area (Å²) in [7, 11) is 0. The lowest BCUT2D eigenvalue weighted by atomic mass is 10.3. The molecule has 0 spiro atoms. The first-order valence-corrected chi connectivity index (χ1v) is 5.71. The summed E-state index contributed by atoms with van der Waals surface area (Å²) in [6.07, 6.45) is 0. The van der Waals surface area contributed by atoms with Gasteiger partial charge < -0.3 is 10.7 Å². The van der Waals surface area contributed by atoms with E-state index in [2.05, 4.69) is 9.97 Å². The molecule has 0 bridgehead atoms. The molecule has 0 amide bonds. The fourth-order valence-electron chi connectivity index (χ4n) is 1.66. The third-order valence-corrected chi connectivity index (χ3v) is 3.35. The summed E-state index contributed by atoms with van der Waals surface area (Å²) in [5.74, 6) is -0.862. The van der Waals surface area contributed by atoms with Gasteiger partial charge >= 0.3 is 0 Å². The maximum absolute atomic E-state index is 13.5. The van der Waals surface area contributed by atoms with Gasteiger partial charge in [0, 0.05) is 6.07 Å². The van der Waals surface area contributed by atoms with Crippen molar-refractivity contribution in [2.24, 2.45) is 0 Å². The molecule has 0 saturated heterocycles. The van der Waals surface area contributed by atoms with Gasteiger partial charge in [-0.05, 0) is 17.5 Å². The fourth-order valence-corrected chi connectivity index (χ4v) is 2.42. The standard InChI is InChI=1S/C11H7F2N3S/c12-5-3-6(13)9-8(4-5)15-11(16-9)10-7(14)1-2-17-10/h1-4H,14H2,(H,15,16). The zero-order valence-electron chi connectivity index (χ0n) is 8.50. The Hall–Kier alpha value is -1.95. The molecule has 0 aliphatic carbocycles. The van der Waals surface area contributed by atoms with Crippen LogP contribution >= 0.6 is 11.3 Å². The van der Waals surface area contributed by atoms with Gasteiger partial charge in [0.2, 0.25) is 0 Å². The Kier molecular flexibility index (Phi) is 2.12. The zero-order chi connectivity index (χ0) is 12.0. The van der Waals surface area contributed by atoms with Crippen molar-refractivity contribution in [3.63, 3.8) is 0 Å². The first-order chi connectivity index (χ1) is 8.15. The smallest absolute Gasteiger partial charge is 0.153 e. The monoisotopic (exact) mass is 251 g/mol. The number of rotatable bonds is 1. The summed E-state index contributed by atoms with van der Waals surface area (Å²) in [4.78, 5) is 7.67. The number of hydrogen-bond acceptors (Lipinski definition) is 3. The molecule has 0 unspecified atom stereocenters. The Labute approximate surface area is 98.9 Å². The minimum Gasteiger partial charge on any atom is -0.397 e. The molecule has 0 aliphatic heterocycles. The van der Waals surface area contributed by atoms with Crippen LogP contribution in [0.3, 0.4) is 0 Å². The largest absolute Gasteiger partial charge is 0.397 e. The van der Waals surface area contributed by atoms with E-state index in [1.165, 1.54) is 17.4 Å². The van der Waals surface area contributed by atoms with Gasteiger partial charge in [-0.1, -0.05) is 0 Å². The summed E-state index contributed by atoms with van der Waals surface area (Å²) in [6, 6.07) is 3.76. The van der Waals surface area contributed by atoms with E-state index < -0.39 is 11.6 Å². The van der Waals surface area contributed by atoms with E-state index in [4.69, 9.17) is 5.73 Å². The van der Waals surface area contributed by atoms with E-state index >= 15 is 0 Å². The van der Waals surface area contributed by atoms with Crippen molar-refractivity contribution in [1.29, 1.82) is 0 Å². The number of nitrogens with two attached hydrogens (primary N) is 1. The molecule has 0 saturated carbocycles. The normalized spacial score (nSPS) is 11.2. The molecule has 17 heavy (non-hydrogen) atoms. The fraction of sp³-hybridized carbons (Fsp3) is 0. The van der Waals surface area contributed by atoms with Crippen LogP contribution in [0.5, 0.6) is 0 Å². The van der Waals surface area contributed by atoms with Crippen molar-refractivity contribution in [1.82, 2.24) is 9.97 Å². The molecule has 3 N–H and O–H groups in total. The first kappa shape index (κ1) is 10.2. The third kappa shape index (κ3) is 1.57. The van der Waals surface area contributed by atoms with Crippen molar-refractivity contribution in [2.75, 3.05) is 5.73 Å². The molecule has 1 aromatic carbocycles. The van der Waals surface area contributed by atoms with Crippen LogP contribution < -0.4 is 5.73 Å². The zero-order valence-corrected chi connectivity index (χ0v) is 9.31. The number of H-pyrrole nitrogens is 1. The highest BCUT2D eigenvalue weighted by molar-refractivity contribution is 7.14. The summed E-state index contributed by atoms with van der Waals surface area (Å²) in [5, 5.41) is 1.81. The second kappa shape index (κ2) is 3.53. The van der Waals surface area contributed by atoms with Crippen LogP contribution in [-0.4, -0.2) is 9.97 Å². The molecule has 0 fully saturated rings. The number of halogens is 2. The van der Waals surface area contributed by atoms with Crippen LogP contribution in [0.4, 0.5) is 14.5 Å². The Morgan fingerprint density at radius 2 is 2.12 bits per heavy atom. The van der Waals surface area contributed by atoms with E-state index in [0.717, 1.165) is 10.9 Å². The number of nitrogen functional groups attached to an aromatic ring is 1. The second-order valence-corrected chi connectivity index (χ2v) is 4.49. The molecule has 86 valence electrons. The number of hydrogen-bond donors (Lipinski definition) is 2. The number of fused-ring (bicyclic) bond motifs is 1. The molecule has 0 atom stereocenters. The molecule has 0 radical (unpaired) electrons. The maximum Gasteiger partial charge on any atom is 0.153 e. The van der Waals surface area contributed by atoms with Crippen molar-refractivity contribution < 1.29 is 8.78 Å². The Balaban J connectivity index is 2.27. The molecule has 6 heteroatoms. The van der Waals surface area contributed by atoms with E-state index in [0.29, 0.717) is 17.0 Å². The lowest BCUT2D eigenvalue weighted by molar-refractivity contribution is 0.591. The van der Waals surface area contributed by atoms with Crippen molar-refractivity contribution >= 4 is 28.1 Å². The van der Waals surface area contributed by atoms with Crippen LogP contribution in [0.25, 0.3) is 21.7 Å². The molecule has 2 heterocycles. The first-order valence-electron chi connectivity index (χ1n) is 4.83. The summed E-state index contributed by atoms with van der Waals surface area (Å²) < 4.78 is 26.5. The van der Waals surface area contributed by atoms with Gasteiger partial charge in [-0.2, -0.15) is 0 Å². The van der Waals surface area contributed by atoms with Gasteiger partial charge in [-0.3, -0.25) is 0 Å². The van der Waals surface area contributed by atoms with Gasteiger partial charge in [0.1, 0.15) is 11.3 Å². The summed E-state index contributed by atoms with van der Waals surface area (Å²) in [5.41, 5.74) is 6.75. The maximum atomic E-state index is 13.5. The number of nitrogens with zero attached hydrogens (tertiary/aromatic N) is 1. The SMILES string of the molecule is Nc1ccsc1-c1nc2c(F)cc(F)cc2[nH]1. The lowest BCUT2D eigenvalue weighted by Crippen LogP contribution is -1.84. The lowest BCUT2D eigenvalue weighted by Gasteiger charge is -1.91. The molecular weight excluding hydrogens is 244 g/mol. The quantitative estimate of drug-likeness (QED) is 0.698. The highest BCUT2D eigenvalue weighted by atomic mass is 32.1. The Morgan fingerprint density at radius 1 is 1.29 bits per heavy atom. The second-order valence-electron chi connectivity index (χ2n) is 3.57. The Morgan fingerprint density at radius 3 is 2.82 bits per heavy atom. The molecule has 2 aromatic heterocycles. The average molecular weight is 251 g/mol. The number of nitrogens with one attached hydrogen (secondary N) is 1. The summed E-state index contributed by atoms with van der Waals surface area (Å²) in [6.45, 7) is 0. The van der Waals surface area contributed by atoms with Crippen molar-refractivity contribution in [3.8, 4) is 10.7 Å². The van der Waals surface area contributed by atoms with Crippen molar-refractivity contribution in [3.05, 3.63) is 35.2 Å². The number of aromatic amines is 1. The molecule has 3 nitrogen and oxygen atoms in total. The van der Waals surface area contributed by atoms with E-state index in [1.54, 1.807) is 6.07 Å². The van der Waals surface area contributed by atoms with Crippen molar-refractivity contribution in [2.45, 2.75) is 0 Å². The van der Waals surface area contributed by atoms with E-state index in [9.17, 15) is 8.78 Å². The van der Waals surface area contributed by atoms with Gasteiger partial charge in [0.15, 0.2) is 11.6 Å². The number of anilines is 1. The number of thiophene rings is 1. The van der Waals surface area contributed by atoms with Crippen LogP contribution in [0.1, 0.15) is 0 Å². The Bertz CT molecular complexity index is 702. The minimum absolute atomic E-state index is 0.120. The summed E-state index contributed by atoms with van der Waals surface area (Å²) >= 11 is 1.39. The molecule has 3 aromatic rings. The molecule has 3 rings (SSSR count). The van der Waals surface area contributed by atoms with E-state index in [1.807, 2.05) is 5.38 Å². The molecular formula is C11H7F2N3S. The average Bonchev–Trinajstić information content (AvgIpc) is 2.83. The highest BCUT2D eigenvalue weighted by Gasteiger charge is 2.13. The van der Waals surface area contributed by atoms with Crippen LogP contribution in [0.15, 0.2) is 23.6 Å². The highest BCUT2D eigenvalue weighted by Crippen LogP contribution is 2.31. The van der Waals surface area contributed by atoms with Crippen LogP contribution in [0, 0.1) is 11.6 Å². The van der Waals surface area contributed by atoms with Gasteiger partial charge in [-0.15, -0.1) is 11.3 Å². The van der Waals surface area contributed by atoms with Gasteiger partial charge in [-0.25, -0.2) is 13.8 Å². The predicted octanol–water partition coefficient (Wildman–Crippen LogP) is 3.15. The van der Waals surface area contributed by atoms with Gasteiger partial charge in [0.25, 0.3) is 0 Å². The number of imidazole rings is 1. The number of aromatic nitrogens is 2. The van der Waals surface area contributed by atoms with E-state index in [-0.39, 0.29) is 5.52 Å². The third-order valence-electron chi connectivity index (χ3n) is 2.42. The molecule has 0 aliphatic rings. The van der Waals surface area contributed by atoms with Gasteiger partial charge in [0.05, 0.1) is 16.1 Å². The van der Waals surface area contributed by atoms with Crippen LogP contribution in [0.2, 0.25) is 0 Å². The van der Waals surface area contributed by atoms with Crippen LogP contribution in [-0.2, 0) is 0 Å². The minimum atomic E-state index is -0.683. The topological polar surface area (TPSA) is 54.7 Å².